The summed E-state index contributed by atoms with van der Waals surface area (Å²) in [6, 6.07) is 8.98. The summed E-state index contributed by atoms with van der Waals surface area (Å²) in [5, 5.41) is 24.5. The Bertz CT molecular complexity index is 1180. The summed E-state index contributed by atoms with van der Waals surface area (Å²) in [4.78, 5) is 16.9. The highest BCUT2D eigenvalue weighted by Crippen LogP contribution is 2.69. The van der Waals surface area contributed by atoms with Gasteiger partial charge in [0.05, 0.1) is 12.2 Å². The van der Waals surface area contributed by atoms with Crippen LogP contribution in [-0.2, 0) is 4.79 Å². The van der Waals surface area contributed by atoms with E-state index in [-0.39, 0.29) is 12.0 Å². The molecule has 0 spiro atoms. The average Bonchev–Trinajstić information content (AvgIpc) is 3.50. The number of thiazole rings is 1. The minimum Gasteiger partial charge on any atom is -0.392 e. The first-order valence-electron chi connectivity index (χ1n) is 13.6. The second-order valence-corrected chi connectivity index (χ2v) is 12.9. The first-order valence-corrected chi connectivity index (χ1v) is 14.5. The lowest BCUT2D eigenvalue weighted by molar-refractivity contribution is -0.118. The zero-order chi connectivity index (χ0) is 25.1. The maximum atomic E-state index is 12.4. The van der Waals surface area contributed by atoms with Gasteiger partial charge in [0.15, 0.2) is 5.78 Å². The number of ketones is 1. The third-order valence-corrected chi connectivity index (χ3v) is 11.2. The lowest BCUT2D eigenvalue weighted by Crippen LogP contribution is -2.55. The molecule has 2 N–H and O–H groups in total. The molecule has 0 amide bonds. The molecule has 3 fully saturated rings. The van der Waals surface area contributed by atoms with Crippen LogP contribution in [0.3, 0.4) is 0 Å². The number of aliphatic hydroxyl groups is 2. The lowest BCUT2D eigenvalue weighted by Gasteiger charge is -2.59. The number of carbonyl (C=O) groups excluding carboxylic acids is 1. The van der Waals surface area contributed by atoms with Crippen LogP contribution in [0.15, 0.2) is 59.6 Å². The SMILES string of the molecule is C[C@H]1C[C@@H]2[C@H]([C@@H](c3ccc(-c4nccs4)cc3)C[C@@]3(C)[C@H]2CC[C@@]3(O)/C=C\CO)[C@H]2CCC(=O)C=C12. The van der Waals surface area contributed by atoms with Crippen molar-refractivity contribution in [3.63, 3.8) is 0 Å². The summed E-state index contributed by atoms with van der Waals surface area (Å²) in [6.45, 7) is 4.57. The van der Waals surface area contributed by atoms with Crippen LogP contribution >= 0.6 is 11.3 Å². The zero-order valence-electron chi connectivity index (χ0n) is 21.3. The van der Waals surface area contributed by atoms with E-state index in [1.54, 1.807) is 17.4 Å². The quantitative estimate of drug-likeness (QED) is 0.490. The molecule has 1 aromatic carbocycles. The van der Waals surface area contributed by atoms with E-state index in [1.165, 1.54) is 11.1 Å². The van der Waals surface area contributed by atoms with Gasteiger partial charge in [0.1, 0.15) is 5.01 Å². The molecule has 2 aromatic rings. The fourth-order valence-corrected chi connectivity index (χ4v) is 9.42. The Morgan fingerprint density at radius 1 is 1.19 bits per heavy atom. The van der Waals surface area contributed by atoms with E-state index in [1.807, 2.05) is 23.7 Å². The predicted octanol–water partition coefficient (Wildman–Crippen LogP) is 6.17. The summed E-state index contributed by atoms with van der Waals surface area (Å²) < 4.78 is 0. The van der Waals surface area contributed by atoms with Gasteiger partial charge in [-0.05, 0) is 79.3 Å². The molecule has 0 saturated heterocycles. The maximum Gasteiger partial charge on any atom is 0.155 e. The van der Waals surface area contributed by atoms with E-state index in [0.717, 1.165) is 42.7 Å². The Balaban J connectivity index is 1.44. The van der Waals surface area contributed by atoms with Crippen LogP contribution in [0.5, 0.6) is 0 Å². The second-order valence-electron chi connectivity index (χ2n) is 12.0. The summed E-state index contributed by atoms with van der Waals surface area (Å²) in [5.74, 6) is 2.94. The normalized spacial score (nSPS) is 40.0. The zero-order valence-corrected chi connectivity index (χ0v) is 22.1. The molecule has 4 nitrogen and oxygen atoms in total. The number of benzene rings is 1. The van der Waals surface area contributed by atoms with Gasteiger partial charge in [-0.25, -0.2) is 4.98 Å². The molecule has 190 valence electrons. The van der Waals surface area contributed by atoms with Crippen molar-refractivity contribution >= 4 is 17.1 Å². The van der Waals surface area contributed by atoms with E-state index in [9.17, 15) is 15.0 Å². The van der Waals surface area contributed by atoms with Crippen LogP contribution in [-0.4, -0.2) is 33.2 Å². The number of allylic oxidation sites excluding steroid dienone is 1. The van der Waals surface area contributed by atoms with Crippen molar-refractivity contribution in [2.75, 3.05) is 6.61 Å². The van der Waals surface area contributed by atoms with Crippen LogP contribution < -0.4 is 0 Å². The Morgan fingerprint density at radius 3 is 2.72 bits per heavy atom. The fourth-order valence-electron chi connectivity index (χ4n) is 8.77. The number of rotatable bonds is 4. The largest absolute Gasteiger partial charge is 0.392 e. The second kappa shape index (κ2) is 9.04. The van der Waals surface area contributed by atoms with Gasteiger partial charge in [0, 0.05) is 29.0 Å². The van der Waals surface area contributed by atoms with E-state index < -0.39 is 5.60 Å². The Hall–Kier alpha value is -2.08. The summed E-state index contributed by atoms with van der Waals surface area (Å²) in [5.41, 5.74) is 2.73. The fraction of sp³-hybridized carbons (Fsp3) is 0.548. The Morgan fingerprint density at radius 2 is 2.00 bits per heavy atom. The Kier molecular flexibility index (Phi) is 6.09. The van der Waals surface area contributed by atoms with Gasteiger partial charge < -0.3 is 10.2 Å². The third kappa shape index (κ3) is 3.69. The van der Waals surface area contributed by atoms with Crippen LogP contribution in [0.1, 0.15) is 63.9 Å². The molecule has 1 heterocycles. The first kappa shape index (κ1) is 24.3. The van der Waals surface area contributed by atoms with Crippen LogP contribution in [0, 0.1) is 35.0 Å². The molecule has 4 aliphatic rings. The van der Waals surface area contributed by atoms with Crippen molar-refractivity contribution in [3.8, 4) is 10.6 Å². The van der Waals surface area contributed by atoms with E-state index >= 15 is 0 Å². The van der Waals surface area contributed by atoms with Gasteiger partial charge in [-0.3, -0.25) is 4.79 Å². The number of aromatic nitrogens is 1. The van der Waals surface area contributed by atoms with Gasteiger partial charge in [-0.1, -0.05) is 55.8 Å². The maximum absolute atomic E-state index is 12.4. The van der Waals surface area contributed by atoms with Crippen LogP contribution in [0.2, 0.25) is 0 Å². The number of carbonyl (C=O) groups is 1. The monoisotopic (exact) mass is 503 g/mol. The molecule has 0 bridgehead atoms. The highest BCUT2D eigenvalue weighted by molar-refractivity contribution is 7.13. The minimum absolute atomic E-state index is 0.0436. The molecule has 6 rings (SSSR count). The number of hydrogen-bond donors (Lipinski definition) is 2. The van der Waals surface area contributed by atoms with Gasteiger partial charge in [-0.15, -0.1) is 11.3 Å². The molecule has 36 heavy (non-hydrogen) atoms. The number of hydrogen-bond acceptors (Lipinski definition) is 5. The predicted molar refractivity (Wildman–Crippen MR) is 143 cm³/mol. The molecule has 5 heteroatoms. The highest BCUT2D eigenvalue weighted by atomic mass is 32.1. The Labute approximate surface area is 218 Å². The number of fused-ring (bicyclic) bond motifs is 5. The highest BCUT2D eigenvalue weighted by Gasteiger charge is 2.64. The summed E-state index contributed by atoms with van der Waals surface area (Å²) in [7, 11) is 0. The van der Waals surface area contributed by atoms with Crippen LogP contribution in [0.4, 0.5) is 0 Å². The van der Waals surface area contributed by atoms with Crippen molar-refractivity contribution in [1.29, 1.82) is 0 Å². The van der Waals surface area contributed by atoms with Gasteiger partial charge >= 0.3 is 0 Å². The molecule has 3 saturated carbocycles. The van der Waals surface area contributed by atoms with Gasteiger partial charge in [0.2, 0.25) is 0 Å². The van der Waals surface area contributed by atoms with Crippen molar-refractivity contribution in [2.45, 2.75) is 63.9 Å². The van der Waals surface area contributed by atoms with E-state index in [4.69, 9.17) is 0 Å². The van der Waals surface area contributed by atoms with Crippen molar-refractivity contribution in [2.24, 2.45) is 35.0 Å². The van der Waals surface area contributed by atoms with Crippen LogP contribution in [0.25, 0.3) is 10.6 Å². The molecule has 4 aliphatic carbocycles. The molecule has 1 aromatic heterocycles. The van der Waals surface area contributed by atoms with E-state index in [2.05, 4.69) is 43.1 Å². The lowest BCUT2D eigenvalue weighted by atomic mass is 9.45. The van der Waals surface area contributed by atoms with Gasteiger partial charge in [-0.2, -0.15) is 0 Å². The van der Waals surface area contributed by atoms with Crippen molar-refractivity contribution in [1.82, 2.24) is 4.98 Å². The minimum atomic E-state index is -0.896. The number of nitrogens with zero attached hydrogens (tertiary/aromatic N) is 1. The summed E-state index contributed by atoms with van der Waals surface area (Å²) >= 11 is 1.66. The third-order valence-electron chi connectivity index (χ3n) is 10.4. The van der Waals surface area contributed by atoms with Crippen molar-refractivity contribution in [3.05, 3.63) is 65.2 Å². The number of aliphatic hydroxyl groups excluding tert-OH is 1. The average molecular weight is 504 g/mol. The topological polar surface area (TPSA) is 70.4 Å². The molecule has 0 radical (unpaired) electrons. The molecule has 8 atom stereocenters. The van der Waals surface area contributed by atoms with Crippen molar-refractivity contribution < 1.29 is 15.0 Å². The first-order chi connectivity index (χ1) is 17.3. The van der Waals surface area contributed by atoms with Gasteiger partial charge in [0.25, 0.3) is 0 Å². The molecule has 0 aliphatic heterocycles. The molecule has 0 unspecified atom stereocenters. The summed E-state index contributed by atoms with van der Waals surface area (Å²) in [6.07, 6.45) is 12.9. The standard InChI is InChI=1S/C31H37NO3S/c1-19-16-25-27-10-12-31(35,11-3-14-33)30(27,2)18-26(28(25)23-9-8-22(34)17-24(19)23)20-4-6-21(7-5-20)29-32-13-15-36-29/h3-7,11,13,15,17,19,23,25-28,33,35H,8-10,12,14,16,18H2,1-2H3/b11-3-/t19-,23-,25-,26+,27-,28+,30-,31-/m0/s1. The van der Waals surface area contributed by atoms with E-state index in [0.29, 0.717) is 47.7 Å². The molecular weight excluding hydrogens is 466 g/mol. The smallest absolute Gasteiger partial charge is 0.155 e. The molecular formula is C31H37NO3S.